The Morgan fingerprint density at radius 1 is 1.39 bits per heavy atom. The molecule has 0 aromatic carbocycles. The van der Waals surface area contributed by atoms with E-state index in [4.69, 9.17) is 5.84 Å². The molecule has 1 unspecified atom stereocenters. The molecule has 0 bridgehead atoms. The van der Waals surface area contributed by atoms with Gasteiger partial charge in [-0.2, -0.15) is 5.10 Å². The number of aromatic nitrogens is 3. The van der Waals surface area contributed by atoms with Gasteiger partial charge in [-0.15, -0.1) is 0 Å². The normalized spacial score (nSPS) is 12.6. The Morgan fingerprint density at radius 3 is 2.67 bits per heavy atom. The van der Waals surface area contributed by atoms with Gasteiger partial charge < -0.3 is 0 Å². The summed E-state index contributed by atoms with van der Waals surface area (Å²) in [5, 5.41) is 4.45. The smallest absolute Gasteiger partial charge is 0.0624 e. The van der Waals surface area contributed by atoms with Gasteiger partial charge in [0.2, 0.25) is 0 Å². The van der Waals surface area contributed by atoms with Crippen molar-refractivity contribution < 1.29 is 0 Å². The molecular formula is C13H19N5. The average Bonchev–Trinajstić information content (AvgIpc) is 2.77. The van der Waals surface area contributed by atoms with Crippen LogP contribution in [0.3, 0.4) is 0 Å². The first-order valence-electron chi connectivity index (χ1n) is 6.12. The second kappa shape index (κ2) is 5.75. The maximum absolute atomic E-state index is 5.64. The molecule has 2 aromatic heterocycles. The maximum Gasteiger partial charge on any atom is 0.0624 e. The fraction of sp³-hybridized carbons (Fsp3) is 0.385. The first kappa shape index (κ1) is 12.7. The highest BCUT2D eigenvalue weighted by Crippen LogP contribution is 2.17. The summed E-state index contributed by atoms with van der Waals surface area (Å²) in [5.41, 5.74) is 6.27. The summed E-state index contributed by atoms with van der Waals surface area (Å²) in [6.07, 6.45) is 5.31. The number of hydrazine groups is 1. The predicted octanol–water partition coefficient (Wildman–Crippen LogP) is 1.12. The van der Waals surface area contributed by atoms with E-state index < -0.39 is 0 Å². The third kappa shape index (κ3) is 2.75. The highest BCUT2D eigenvalue weighted by Gasteiger charge is 2.13. The molecule has 0 saturated carbocycles. The number of aryl methyl sites for hydroxylation is 2. The van der Waals surface area contributed by atoms with Gasteiger partial charge in [-0.05, 0) is 30.2 Å². The lowest BCUT2D eigenvalue weighted by Crippen LogP contribution is -2.30. The number of nitrogens with zero attached hydrogens (tertiary/aromatic N) is 3. The van der Waals surface area contributed by atoms with Crippen LogP contribution in [-0.2, 0) is 19.9 Å². The maximum atomic E-state index is 5.64. The van der Waals surface area contributed by atoms with Crippen LogP contribution in [0.15, 0.2) is 30.6 Å². The summed E-state index contributed by atoms with van der Waals surface area (Å²) in [5.74, 6) is 5.64. The SMILES string of the molecule is CCc1cc(CC(NN)c2ccncc2)n(C)n1. The summed E-state index contributed by atoms with van der Waals surface area (Å²) in [4.78, 5) is 4.02. The van der Waals surface area contributed by atoms with Crippen LogP contribution < -0.4 is 11.3 Å². The van der Waals surface area contributed by atoms with E-state index in [0.717, 1.165) is 24.1 Å². The number of pyridine rings is 1. The molecule has 0 aliphatic heterocycles. The first-order chi connectivity index (χ1) is 8.74. The molecule has 5 heteroatoms. The van der Waals surface area contributed by atoms with Crippen molar-refractivity contribution in [1.82, 2.24) is 20.2 Å². The van der Waals surface area contributed by atoms with Gasteiger partial charge in [0, 0.05) is 31.6 Å². The van der Waals surface area contributed by atoms with Gasteiger partial charge in [-0.1, -0.05) is 6.92 Å². The zero-order valence-electron chi connectivity index (χ0n) is 10.8. The molecule has 3 N–H and O–H groups in total. The molecule has 0 radical (unpaired) electrons. The van der Waals surface area contributed by atoms with E-state index in [1.165, 1.54) is 5.69 Å². The average molecular weight is 245 g/mol. The van der Waals surface area contributed by atoms with Crippen LogP contribution in [-0.4, -0.2) is 14.8 Å². The molecule has 0 aliphatic carbocycles. The summed E-state index contributed by atoms with van der Waals surface area (Å²) < 4.78 is 1.92. The second-order valence-electron chi connectivity index (χ2n) is 4.31. The standard InChI is InChI=1S/C13H19N5/c1-3-11-8-12(18(2)17-11)9-13(16-14)10-4-6-15-7-5-10/h4-8,13,16H,3,9,14H2,1-2H3. The van der Waals surface area contributed by atoms with Crippen molar-refractivity contribution in [2.75, 3.05) is 0 Å². The summed E-state index contributed by atoms with van der Waals surface area (Å²) in [7, 11) is 1.97. The molecule has 0 aliphatic rings. The molecule has 2 aromatic rings. The van der Waals surface area contributed by atoms with Crippen molar-refractivity contribution in [3.05, 3.63) is 47.5 Å². The van der Waals surface area contributed by atoms with Crippen molar-refractivity contribution in [3.63, 3.8) is 0 Å². The van der Waals surface area contributed by atoms with Crippen molar-refractivity contribution in [3.8, 4) is 0 Å². The fourth-order valence-electron chi connectivity index (χ4n) is 2.01. The lowest BCUT2D eigenvalue weighted by Gasteiger charge is -2.15. The molecule has 1 atom stereocenters. The minimum Gasteiger partial charge on any atom is -0.272 e. The quantitative estimate of drug-likeness (QED) is 0.612. The Morgan fingerprint density at radius 2 is 2.11 bits per heavy atom. The largest absolute Gasteiger partial charge is 0.272 e. The topological polar surface area (TPSA) is 68.8 Å². The van der Waals surface area contributed by atoms with Crippen LogP contribution in [0.2, 0.25) is 0 Å². The third-order valence-electron chi connectivity index (χ3n) is 3.11. The second-order valence-corrected chi connectivity index (χ2v) is 4.31. The molecule has 0 saturated heterocycles. The Hall–Kier alpha value is -1.72. The van der Waals surface area contributed by atoms with Crippen LogP contribution in [0.25, 0.3) is 0 Å². The molecular weight excluding hydrogens is 226 g/mol. The number of nitrogens with one attached hydrogen (secondary N) is 1. The van der Waals surface area contributed by atoms with E-state index in [0.29, 0.717) is 0 Å². The van der Waals surface area contributed by atoms with E-state index in [1.54, 1.807) is 12.4 Å². The van der Waals surface area contributed by atoms with E-state index in [-0.39, 0.29) is 6.04 Å². The lowest BCUT2D eigenvalue weighted by molar-refractivity contribution is 0.529. The van der Waals surface area contributed by atoms with Gasteiger partial charge in [0.25, 0.3) is 0 Å². The van der Waals surface area contributed by atoms with Crippen molar-refractivity contribution in [1.29, 1.82) is 0 Å². The summed E-state index contributed by atoms with van der Waals surface area (Å²) in [6, 6.07) is 6.16. The zero-order valence-corrected chi connectivity index (χ0v) is 10.8. The fourth-order valence-corrected chi connectivity index (χ4v) is 2.01. The van der Waals surface area contributed by atoms with E-state index >= 15 is 0 Å². The number of nitrogens with two attached hydrogens (primary N) is 1. The zero-order chi connectivity index (χ0) is 13.0. The van der Waals surface area contributed by atoms with Crippen molar-refractivity contribution in [2.24, 2.45) is 12.9 Å². The van der Waals surface area contributed by atoms with Crippen LogP contribution in [0.4, 0.5) is 0 Å². The monoisotopic (exact) mass is 245 g/mol. The highest BCUT2D eigenvalue weighted by molar-refractivity contribution is 5.19. The Labute approximate surface area is 107 Å². The number of hydrogen-bond donors (Lipinski definition) is 2. The Kier molecular flexibility index (Phi) is 4.07. The lowest BCUT2D eigenvalue weighted by atomic mass is 10.0. The molecule has 2 rings (SSSR count). The minimum atomic E-state index is 0.0770. The number of hydrogen-bond acceptors (Lipinski definition) is 4. The van der Waals surface area contributed by atoms with Crippen LogP contribution in [0, 0.1) is 0 Å². The molecule has 2 heterocycles. The van der Waals surface area contributed by atoms with Gasteiger partial charge >= 0.3 is 0 Å². The number of rotatable bonds is 5. The Bertz CT molecular complexity index is 491. The van der Waals surface area contributed by atoms with Crippen LogP contribution in [0.1, 0.15) is 29.9 Å². The van der Waals surface area contributed by atoms with Gasteiger partial charge in [-0.25, -0.2) is 0 Å². The van der Waals surface area contributed by atoms with E-state index in [9.17, 15) is 0 Å². The molecule has 0 spiro atoms. The molecule has 0 fully saturated rings. The summed E-state index contributed by atoms with van der Waals surface area (Å²) in [6.45, 7) is 2.10. The van der Waals surface area contributed by atoms with Gasteiger partial charge in [0.05, 0.1) is 11.7 Å². The molecule has 0 amide bonds. The third-order valence-corrected chi connectivity index (χ3v) is 3.11. The predicted molar refractivity (Wildman–Crippen MR) is 70.6 cm³/mol. The van der Waals surface area contributed by atoms with E-state index in [2.05, 4.69) is 28.5 Å². The highest BCUT2D eigenvalue weighted by atomic mass is 15.3. The van der Waals surface area contributed by atoms with Crippen LogP contribution >= 0.6 is 0 Å². The van der Waals surface area contributed by atoms with Crippen molar-refractivity contribution in [2.45, 2.75) is 25.8 Å². The molecule has 96 valence electrons. The van der Waals surface area contributed by atoms with Crippen molar-refractivity contribution >= 4 is 0 Å². The minimum absolute atomic E-state index is 0.0770. The Balaban J connectivity index is 2.18. The van der Waals surface area contributed by atoms with Crippen LogP contribution in [0.5, 0.6) is 0 Å². The van der Waals surface area contributed by atoms with Gasteiger partial charge in [0.15, 0.2) is 0 Å². The van der Waals surface area contributed by atoms with Gasteiger partial charge in [0.1, 0.15) is 0 Å². The molecule has 18 heavy (non-hydrogen) atoms. The molecule has 5 nitrogen and oxygen atoms in total. The van der Waals surface area contributed by atoms with Gasteiger partial charge in [-0.3, -0.25) is 20.9 Å². The van der Waals surface area contributed by atoms with E-state index in [1.807, 2.05) is 23.9 Å². The summed E-state index contributed by atoms with van der Waals surface area (Å²) >= 11 is 0. The first-order valence-corrected chi connectivity index (χ1v) is 6.12.